The van der Waals surface area contributed by atoms with Crippen LogP contribution in [0, 0.1) is 13.8 Å². The van der Waals surface area contributed by atoms with E-state index in [9.17, 15) is 0 Å². The Balaban J connectivity index is 2.52. The number of hydrogen-bond acceptors (Lipinski definition) is 0. The van der Waals surface area contributed by atoms with Crippen molar-refractivity contribution in [1.82, 2.24) is 0 Å². The van der Waals surface area contributed by atoms with E-state index < -0.39 is 0 Å². The van der Waals surface area contributed by atoms with Crippen molar-refractivity contribution in [3.8, 4) is 0 Å². The molecular formula is C16H16. The Hall–Kier alpha value is -1.56. The molecule has 80 valence electrons. The lowest BCUT2D eigenvalue weighted by atomic mass is 9.86. The van der Waals surface area contributed by atoms with Gasteiger partial charge in [0.25, 0.3) is 0 Å². The van der Waals surface area contributed by atoms with Crippen LogP contribution < -0.4 is 0 Å². The Kier molecular flexibility index (Phi) is 2.10. The molecule has 0 heteroatoms. The molecule has 1 aliphatic rings. The van der Waals surface area contributed by atoms with Crippen LogP contribution >= 0.6 is 0 Å². The average Bonchev–Trinajstić information content (AvgIpc) is 2.36. The number of rotatable bonds is 0. The molecule has 16 heavy (non-hydrogen) atoms. The van der Waals surface area contributed by atoms with Gasteiger partial charge in [0.05, 0.1) is 0 Å². The molecule has 0 unspecified atom stereocenters. The monoisotopic (exact) mass is 208 g/mol. The first kappa shape index (κ1) is 9.65. The SMILES string of the molecule is Cc1c2c(c3ccccc3c1C)C=CCC2. The normalized spacial score (nSPS) is 14.1. The summed E-state index contributed by atoms with van der Waals surface area (Å²) in [6.45, 7) is 4.51. The van der Waals surface area contributed by atoms with Crippen LogP contribution in [0.5, 0.6) is 0 Å². The van der Waals surface area contributed by atoms with Crippen LogP contribution in [0.4, 0.5) is 0 Å². The van der Waals surface area contributed by atoms with Gasteiger partial charge in [-0.1, -0.05) is 36.4 Å². The molecule has 0 heterocycles. The lowest BCUT2D eigenvalue weighted by molar-refractivity contribution is 0.971. The molecule has 0 N–H and O–H groups in total. The van der Waals surface area contributed by atoms with Crippen LogP contribution in [0.1, 0.15) is 28.7 Å². The molecule has 2 aromatic rings. The maximum absolute atomic E-state index is 2.30. The number of aryl methyl sites for hydroxylation is 1. The maximum Gasteiger partial charge on any atom is -0.0106 e. The molecule has 0 saturated heterocycles. The highest BCUT2D eigenvalue weighted by molar-refractivity contribution is 5.95. The summed E-state index contributed by atoms with van der Waals surface area (Å²) in [5.41, 5.74) is 5.94. The zero-order valence-electron chi connectivity index (χ0n) is 9.88. The van der Waals surface area contributed by atoms with Gasteiger partial charge in [-0.3, -0.25) is 0 Å². The van der Waals surface area contributed by atoms with Gasteiger partial charge in [0.1, 0.15) is 0 Å². The molecule has 0 spiro atoms. The molecule has 0 radical (unpaired) electrons. The highest BCUT2D eigenvalue weighted by Gasteiger charge is 2.13. The minimum absolute atomic E-state index is 1.19. The summed E-state index contributed by atoms with van der Waals surface area (Å²) in [5, 5.41) is 2.82. The Morgan fingerprint density at radius 1 is 0.938 bits per heavy atom. The van der Waals surface area contributed by atoms with E-state index in [2.05, 4.69) is 50.3 Å². The van der Waals surface area contributed by atoms with Crippen LogP contribution in [-0.4, -0.2) is 0 Å². The Labute approximate surface area is 96.6 Å². The highest BCUT2D eigenvalue weighted by atomic mass is 14.2. The second-order valence-corrected chi connectivity index (χ2v) is 4.63. The van der Waals surface area contributed by atoms with Gasteiger partial charge in [0.2, 0.25) is 0 Å². The number of benzene rings is 2. The van der Waals surface area contributed by atoms with Crippen molar-refractivity contribution in [2.75, 3.05) is 0 Å². The van der Waals surface area contributed by atoms with Gasteiger partial charge in [0, 0.05) is 0 Å². The predicted molar refractivity (Wildman–Crippen MR) is 70.8 cm³/mol. The molecule has 0 aromatic heterocycles. The van der Waals surface area contributed by atoms with E-state index in [1.165, 1.54) is 40.3 Å². The van der Waals surface area contributed by atoms with Crippen molar-refractivity contribution in [2.45, 2.75) is 26.7 Å². The Morgan fingerprint density at radius 3 is 2.50 bits per heavy atom. The van der Waals surface area contributed by atoms with Gasteiger partial charge in [0.15, 0.2) is 0 Å². The minimum Gasteiger partial charge on any atom is -0.0836 e. The number of hydrogen-bond donors (Lipinski definition) is 0. The summed E-state index contributed by atoms with van der Waals surface area (Å²) in [7, 11) is 0. The molecule has 0 aliphatic heterocycles. The summed E-state index contributed by atoms with van der Waals surface area (Å²) in [6, 6.07) is 8.75. The fourth-order valence-electron chi connectivity index (χ4n) is 2.78. The van der Waals surface area contributed by atoms with Gasteiger partial charge in [-0.15, -0.1) is 0 Å². The second kappa shape index (κ2) is 3.48. The summed E-state index contributed by atoms with van der Waals surface area (Å²) in [5.74, 6) is 0. The third-order valence-corrected chi connectivity index (χ3v) is 3.81. The van der Waals surface area contributed by atoms with Crippen molar-refractivity contribution in [3.05, 3.63) is 52.6 Å². The molecule has 0 bridgehead atoms. The Bertz CT molecular complexity index is 589. The van der Waals surface area contributed by atoms with E-state index in [0.29, 0.717) is 0 Å². The van der Waals surface area contributed by atoms with E-state index in [1.807, 2.05) is 0 Å². The van der Waals surface area contributed by atoms with Crippen LogP contribution in [0.25, 0.3) is 16.8 Å². The molecule has 2 aromatic carbocycles. The summed E-state index contributed by atoms with van der Waals surface area (Å²) >= 11 is 0. The van der Waals surface area contributed by atoms with Crippen molar-refractivity contribution < 1.29 is 0 Å². The van der Waals surface area contributed by atoms with Crippen LogP contribution in [0.3, 0.4) is 0 Å². The van der Waals surface area contributed by atoms with Gasteiger partial charge >= 0.3 is 0 Å². The largest absolute Gasteiger partial charge is 0.0836 e. The van der Waals surface area contributed by atoms with Crippen molar-refractivity contribution in [3.63, 3.8) is 0 Å². The average molecular weight is 208 g/mol. The highest BCUT2D eigenvalue weighted by Crippen LogP contribution is 2.33. The summed E-state index contributed by atoms with van der Waals surface area (Å²) in [6.07, 6.45) is 6.98. The Morgan fingerprint density at radius 2 is 1.69 bits per heavy atom. The first-order chi connectivity index (χ1) is 7.79. The van der Waals surface area contributed by atoms with E-state index >= 15 is 0 Å². The summed E-state index contributed by atoms with van der Waals surface area (Å²) in [4.78, 5) is 0. The third kappa shape index (κ3) is 1.23. The predicted octanol–water partition coefficient (Wildman–Crippen LogP) is 4.42. The smallest absolute Gasteiger partial charge is 0.0106 e. The van der Waals surface area contributed by atoms with Gasteiger partial charge in [-0.25, -0.2) is 0 Å². The van der Waals surface area contributed by atoms with E-state index in [0.717, 1.165) is 0 Å². The molecule has 0 amide bonds. The maximum atomic E-state index is 2.30. The first-order valence-electron chi connectivity index (χ1n) is 5.96. The number of allylic oxidation sites excluding steroid dienone is 1. The second-order valence-electron chi connectivity index (χ2n) is 4.63. The van der Waals surface area contributed by atoms with Crippen LogP contribution in [-0.2, 0) is 6.42 Å². The first-order valence-corrected chi connectivity index (χ1v) is 5.96. The quantitative estimate of drug-likeness (QED) is 0.601. The minimum atomic E-state index is 1.19. The molecular weight excluding hydrogens is 192 g/mol. The molecule has 1 aliphatic carbocycles. The molecule has 0 saturated carbocycles. The van der Waals surface area contributed by atoms with E-state index in [1.54, 1.807) is 5.56 Å². The van der Waals surface area contributed by atoms with Crippen LogP contribution in [0.2, 0.25) is 0 Å². The van der Waals surface area contributed by atoms with Gasteiger partial charge in [-0.05, 0) is 59.7 Å². The zero-order chi connectivity index (χ0) is 11.1. The molecule has 0 fully saturated rings. The fraction of sp³-hybridized carbons (Fsp3) is 0.250. The fourth-order valence-corrected chi connectivity index (χ4v) is 2.78. The lowest BCUT2D eigenvalue weighted by Crippen LogP contribution is -2.01. The van der Waals surface area contributed by atoms with Crippen molar-refractivity contribution >= 4 is 16.8 Å². The van der Waals surface area contributed by atoms with Crippen molar-refractivity contribution in [1.29, 1.82) is 0 Å². The standard InChI is InChI=1S/C16H16/c1-11-12(2)14-8-4-6-10-16(14)15-9-5-3-7-13(11)15/h3,5-7,9-10H,4,8H2,1-2H3. The number of fused-ring (bicyclic) bond motifs is 3. The molecule has 0 nitrogen and oxygen atoms in total. The zero-order valence-corrected chi connectivity index (χ0v) is 9.88. The van der Waals surface area contributed by atoms with Crippen molar-refractivity contribution in [2.24, 2.45) is 0 Å². The van der Waals surface area contributed by atoms with Crippen LogP contribution in [0.15, 0.2) is 30.3 Å². The lowest BCUT2D eigenvalue weighted by Gasteiger charge is -2.19. The van der Waals surface area contributed by atoms with E-state index in [4.69, 9.17) is 0 Å². The van der Waals surface area contributed by atoms with Gasteiger partial charge in [-0.2, -0.15) is 0 Å². The summed E-state index contributed by atoms with van der Waals surface area (Å²) < 4.78 is 0. The van der Waals surface area contributed by atoms with Gasteiger partial charge < -0.3 is 0 Å². The topological polar surface area (TPSA) is 0 Å². The van der Waals surface area contributed by atoms with E-state index in [-0.39, 0.29) is 0 Å². The molecule has 3 rings (SSSR count). The third-order valence-electron chi connectivity index (χ3n) is 3.81. The molecule has 0 atom stereocenters.